The zero-order valence-corrected chi connectivity index (χ0v) is 15.1. The number of carbonyl (C=O) groups excluding carboxylic acids is 1. The van der Waals surface area contributed by atoms with Crippen LogP contribution in [0.2, 0.25) is 0 Å². The molecule has 0 aromatic heterocycles. The van der Waals surface area contributed by atoms with Gasteiger partial charge in [-0.15, -0.1) is 0 Å². The van der Waals surface area contributed by atoms with Crippen LogP contribution in [-0.2, 0) is 4.79 Å². The molecule has 0 N–H and O–H groups in total. The molecule has 1 heterocycles. The monoisotopic (exact) mass is 370 g/mol. The molecule has 23 heavy (non-hydrogen) atoms. The number of aryl methyl sites for hydroxylation is 1. The molecular weight excluding hydrogens is 352 g/mol. The zero-order chi connectivity index (χ0) is 16.6. The number of hydrogen-bond donors (Lipinski definition) is 0. The van der Waals surface area contributed by atoms with Gasteiger partial charge in [0.05, 0.1) is 11.4 Å². The summed E-state index contributed by atoms with van der Waals surface area (Å²) in [4.78, 5) is 19.3. The molecule has 4 heteroatoms. The van der Waals surface area contributed by atoms with Gasteiger partial charge < -0.3 is 4.90 Å². The van der Waals surface area contributed by atoms with E-state index in [0.717, 1.165) is 27.0 Å². The van der Waals surface area contributed by atoms with Crippen molar-refractivity contribution in [1.29, 1.82) is 0 Å². The Kier molecular flexibility index (Phi) is 4.35. The van der Waals surface area contributed by atoms with Gasteiger partial charge in [-0.1, -0.05) is 48.0 Å². The Labute approximate surface area is 145 Å². The van der Waals surface area contributed by atoms with Gasteiger partial charge in [-0.2, -0.15) is 0 Å². The third kappa shape index (κ3) is 3.08. The van der Waals surface area contributed by atoms with Gasteiger partial charge in [-0.05, 0) is 42.7 Å². The Bertz CT molecular complexity index is 796. The first-order valence-corrected chi connectivity index (χ1v) is 8.53. The fourth-order valence-electron chi connectivity index (χ4n) is 2.74. The van der Waals surface area contributed by atoms with Crippen LogP contribution in [-0.4, -0.2) is 18.2 Å². The SMILES string of the molecule is Cc1cc(N=C2C(=O)N(CC(C)C)c3ccccc32)ccc1Br. The minimum atomic E-state index is -0.0135. The maximum atomic E-state index is 12.8. The predicted molar refractivity (Wildman–Crippen MR) is 98.7 cm³/mol. The molecule has 0 aliphatic carbocycles. The molecule has 0 atom stereocenters. The maximum absolute atomic E-state index is 12.8. The zero-order valence-electron chi connectivity index (χ0n) is 13.5. The Balaban J connectivity index is 2.07. The highest BCUT2D eigenvalue weighted by atomic mass is 79.9. The standard InChI is InChI=1S/C19H19BrN2O/c1-12(2)11-22-17-7-5-4-6-15(17)18(19(22)23)21-14-8-9-16(20)13(3)10-14/h4-10,12H,11H2,1-3H3. The summed E-state index contributed by atoms with van der Waals surface area (Å²) in [6.45, 7) is 6.95. The second-order valence-corrected chi connectivity index (χ2v) is 7.07. The van der Waals surface area contributed by atoms with E-state index in [1.54, 1.807) is 0 Å². The molecule has 3 rings (SSSR count). The van der Waals surface area contributed by atoms with Crippen LogP contribution in [0, 0.1) is 12.8 Å². The van der Waals surface area contributed by atoms with Gasteiger partial charge in [0.2, 0.25) is 0 Å². The molecule has 118 valence electrons. The van der Waals surface area contributed by atoms with Crippen molar-refractivity contribution in [3.05, 3.63) is 58.1 Å². The molecule has 1 aliphatic rings. The van der Waals surface area contributed by atoms with E-state index in [-0.39, 0.29) is 5.91 Å². The molecule has 1 aliphatic heterocycles. The first-order chi connectivity index (χ1) is 11.0. The highest BCUT2D eigenvalue weighted by Crippen LogP contribution is 2.32. The van der Waals surface area contributed by atoms with Crippen molar-refractivity contribution in [1.82, 2.24) is 0 Å². The summed E-state index contributed by atoms with van der Waals surface area (Å²) in [5.74, 6) is 0.391. The first-order valence-electron chi connectivity index (χ1n) is 7.73. The van der Waals surface area contributed by atoms with E-state index in [4.69, 9.17) is 0 Å². The number of hydrogen-bond acceptors (Lipinski definition) is 2. The van der Waals surface area contributed by atoms with E-state index in [1.165, 1.54) is 0 Å². The summed E-state index contributed by atoms with van der Waals surface area (Å²) < 4.78 is 1.04. The number of benzene rings is 2. The summed E-state index contributed by atoms with van der Waals surface area (Å²) in [5.41, 5.74) is 4.31. The Morgan fingerprint density at radius 2 is 1.91 bits per heavy atom. The van der Waals surface area contributed by atoms with Gasteiger partial charge in [0.1, 0.15) is 5.71 Å². The number of para-hydroxylation sites is 1. The second-order valence-electron chi connectivity index (χ2n) is 6.22. The predicted octanol–water partition coefficient (Wildman–Crippen LogP) is 4.88. The second kappa shape index (κ2) is 6.28. The number of anilines is 1. The van der Waals surface area contributed by atoms with Crippen LogP contribution in [0.3, 0.4) is 0 Å². The number of aliphatic imine (C=N–C) groups is 1. The molecule has 1 amide bonds. The molecule has 0 spiro atoms. The number of fused-ring (bicyclic) bond motifs is 1. The number of nitrogens with zero attached hydrogens (tertiary/aromatic N) is 2. The van der Waals surface area contributed by atoms with Crippen LogP contribution < -0.4 is 4.90 Å². The van der Waals surface area contributed by atoms with Crippen LogP contribution in [0.1, 0.15) is 25.0 Å². The molecule has 3 nitrogen and oxygen atoms in total. The van der Waals surface area contributed by atoms with Crippen molar-refractivity contribution in [2.75, 3.05) is 11.4 Å². The Hall–Kier alpha value is -1.94. The van der Waals surface area contributed by atoms with Gasteiger partial charge in [-0.3, -0.25) is 4.79 Å². The Morgan fingerprint density at radius 3 is 2.61 bits per heavy atom. The maximum Gasteiger partial charge on any atom is 0.277 e. The molecular formula is C19H19BrN2O. The van der Waals surface area contributed by atoms with E-state index in [9.17, 15) is 4.79 Å². The third-order valence-electron chi connectivity index (χ3n) is 3.83. The summed E-state index contributed by atoms with van der Waals surface area (Å²) in [7, 11) is 0. The minimum absolute atomic E-state index is 0.0135. The average Bonchev–Trinajstić information content (AvgIpc) is 2.76. The summed E-state index contributed by atoms with van der Waals surface area (Å²) in [5, 5.41) is 0. The average molecular weight is 371 g/mol. The van der Waals surface area contributed by atoms with Crippen molar-refractivity contribution >= 4 is 38.9 Å². The van der Waals surface area contributed by atoms with Crippen molar-refractivity contribution in [2.24, 2.45) is 10.9 Å². The molecule has 0 unspecified atom stereocenters. The van der Waals surface area contributed by atoms with Crippen LogP contribution in [0.5, 0.6) is 0 Å². The normalized spacial score (nSPS) is 15.6. The van der Waals surface area contributed by atoms with Crippen LogP contribution in [0.25, 0.3) is 0 Å². The topological polar surface area (TPSA) is 32.7 Å². The van der Waals surface area contributed by atoms with Crippen LogP contribution >= 0.6 is 15.9 Å². The number of carbonyl (C=O) groups is 1. The van der Waals surface area contributed by atoms with Crippen molar-refractivity contribution in [3.8, 4) is 0 Å². The smallest absolute Gasteiger partial charge is 0.277 e. The molecule has 0 fully saturated rings. The molecule has 0 saturated heterocycles. The van der Waals surface area contributed by atoms with Crippen molar-refractivity contribution < 1.29 is 4.79 Å². The van der Waals surface area contributed by atoms with E-state index in [1.807, 2.05) is 54.3 Å². The van der Waals surface area contributed by atoms with Gasteiger partial charge in [0, 0.05) is 16.6 Å². The van der Waals surface area contributed by atoms with E-state index in [2.05, 4.69) is 34.8 Å². The fourth-order valence-corrected chi connectivity index (χ4v) is 2.99. The lowest BCUT2D eigenvalue weighted by Crippen LogP contribution is -2.33. The highest BCUT2D eigenvalue weighted by molar-refractivity contribution is 9.10. The largest absolute Gasteiger partial charge is 0.306 e. The molecule has 2 aromatic rings. The third-order valence-corrected chi connectivity index (χ3v) is 4.72. The summed E-state index contributed by atoms with van der Waals surface area (Å²) in [6, 6.07) is 13.7. The van der Waals surface area contributed by atoms with Gasteiger partial charge in [0.25, 0.3) is 5.91 Å². The molecule has 2 aromatic carbocycles. The minimum Gasteiger partial charge on any atom is -0.306 e. The quantitative estimate of drug-likeness (QED) is 0.757. The number of amides is 1. The van der Waals surface area contributed by atoms with Crippen molar-refractivity contribution in [3.63, 3.8) is 0 Å². The summed E-state index contributed by atoms with van der Waals surface area (Å²) >= 11 is 3.49. The van der Waals surface area contributed by atoms with Gasteiger partial charge >= 0.3 is 0 Å². The van der Waals surface area contributed by atoms with Crippen LogP contribution in [0.4, 0.5) is 11.4 Å². The van der Waals surface area contributed by atoms with Crippen molar-refractivity contribution in [2.45, 2.75) is 20.8 Å². The highest BCUT2D eigenvalue weighted by Gasteiger charge is 2.33. The van der Waals surface area contributed by atoms with Gasteiger partial charge in [0.15, 0.2) is 0 Å². The lowest BCUT2D eigenvalue weighted by molar-refractivity contribution is -0.112. The number of rotatable bonds is 3. The first kappa shape index (κ1) is 15.9. The number of halogens is 1. The van der Waals surface area contributed by atoms with Gasteiger partial charge in [-0.25, -0.2) is 4.99 Å². The fraction of sp³-hybridized carbons (Fsp3) is 0.263. The lowest BCUT2D eigenvalue weighted by Gasteiger charge is -2.18. The Morgan fingerprint density at radius 1 is 1.17 bits per heavy atom. The molecule has 0 bridgehead atoms. The summed E-state index contributed by atoms with van der Waals surface area (Å²) in [6.07, 6.45) is 0. The van der Waals surface area contributed by atoms with E-state index in [0.29, 0.717) is 18.2 Å². The molecule has 0 radical (unpaired) electrons. The van der Waals surface area contributed by atoms with Crippen LogP contribution in [0.15, 0.2) is 51.9 Å². The van der Waals surface area contributed by atoms with E-state index >= 15 is 0 Å². The van der Waals surface area contributed by atoms with E-state index < -0.39 is 0 Å². The molecule has 0 saturated carbocycles. The lowest BCUT2D eigenvalue weighted by atomic mass is 10.1.